The third-order valence-corrected chi connectivity index (χ3v) is 6.29. The van der Waals surface area contributed by atoms with E-state index < -0.39 is 5.54 Å². The first-order valence-electron chi connectivity index (χ1n) is 8.28. The first-order valence-corrected chi connectivity index (χ1v) is 8.28. The zero-order chi connectivity index (χ0) is 14.4. The van der Waals surface area contributed by atoms with Crippen LogP contribution in [0.5, 0.6) is 0 Å². The molecule has 3 heteroatoms. The van der Waals surface area contributed by atoms with Crippen molar-refractivity contribution in [3.63, 3.8) is 0 Å². The lowest BCUT2D eigenvalue weighted by atomic mass is 9.49. The van der Waals surface area contributed by atoms with E-state index in [1.165, 1.54) is 19.3 Å². The lowest BCUT2D eigenvalue weighted by molar-refractivity contribution is -0.147. The summed E-state index contributed by atoms with van der Waals surface area (Å²) in [5.74, 6) is 2.49. The van der Waals surface area contributed by atoms with Gasteiger partial charge in [0.25, 0.3) is 0 Å². The van der Waals surface area contributed by atoms with Crippen molar-refractivity contribution in [2.45, 2.75) is 70.8 Å². The van der Waals surface area contributed by atoms with Crippen LogP contribution in [0.3, 0.4) is 0 Å². The van der Waals surface area contributed by atoms with Gasteiger partial charge in [-0.1, -0.05) is 13.8 Å². The van der Waals surface area contributed by atoms with Gasteiger partial charge in [-0.05, 0) is 69.1 Å². The largest absolute Gasteiger partial charge is 0.337 e. The fourth-order valence-electron chi connectivity index (χ4n) is 5.35. The average Bonchev–Trinajstić information content (AvgIpc) is 2.43. The first-order chi connectivity index (χ1) is 9.54. The van der Waals surface area contributed by atoms with Crippen LogP contribution >= 0.6 is 0 Å². The Morgan fingerprint density at radius 2 is 1.60 bits per heavy atom. The van der Waals surface area contributed by atoms with Gasteiger partial charge in [-0.25, -0.2) is 0 Å². The molecule has 4 saturated carbocycles. The number of rotatable bonds is 4. The number of nitriles is 1. The Bertz CT molecular complexity index is 409. The zero-order valence-corrected chi connectivity index (χ0v) is 12.7. The van der Waals surface area contributed by atoms with Crippen LogP contribution < -0.4 is 5.32 Å². The second-order valence-corrected chi connectivity index (χ2v) is 7.55. The summed E-state index contributed by atoms with van der Waals surface area (Å²) in [6, 6.07) is 2.35. The Hall–Kier alpha value is -1.04. The third kappa shape index (κ3) is 2.05. The van der Waals surface area contributed by atoms with Crippen LogP contribution in [0.2, 0.25) is 0 Å². The summed E-state index contributed by atoms with van der Waals surface area (Å²) >= 11 is 0. The molecule has 0 atom stereocenters. The third-order valence-electron chi connectivity index (χ3n) is 6.29. The second kappa shape index (κ2) is 4.76. The van der Waals surface area contributed by atoms with E-state index in [4.69, 9.17) is 0 Å². The van der Waals surface area contributed by atoms with Gasteiger partial charge in [0.15, 0.2) is 0 Å². The van der Waals surface area contributed by atoms with Gasteiger partial charge in [-0.2, -0.15) is 5.26 Å². The molecule has 0 aromatic carbocycles. The molecule has 0 unspecified atom stereocenters. The Balaban J connectivity index is 1.79. The van der Waals surface area contributed by atoms with E-state index in [1.807, 2.05) is 13.8 Å². The number of nitrogens with one attached hydrogen (secondary N) is 1. The van der Waals surface area contributed by atoms with Crippen molar-refractivity contribution < 1.29 is 4.79 Å². The highest BCUT2D eigenvalue weighted by molar-refractivity contribution is 5.84. The Kier molecular flexibility index (Phi) is 3.31. The normalized spacial score (nSPS) is 38.5. The van der Waals surface area contributed by atoms with Gasteiger partial charge in [-0.15, -0.1) is 0 Å². The molecule has 0 aromatic heterocycles. The lowest BCUT2D eigenvalue weighted by Crippen LogP contribution is -2.58. The number of nitrogens with zero attached hydrogens (tertiary/aromatic N) is 1. The predicted octanol–water partition coefficient (Wildman–Crippen LogP) is 3.40. The van der Waals surface area contributed by atoms with Gasteiger partial charge < -0.3 is 5.32 Å². The summed E-state index contributed by atoms with van der Waals surface area (Å²) < 4.78 is 0. The zero-order valence-electron chi connectivity index (χ0n) is 12.7. The highest BCUT2D eigenvalue weighted by Crippen LogP contribution is 2.60. The standard InChI is InChI=1S/C17H26N2O/c1-3-17(4-2,11-18)19-15(20)16-8-12-5-13(9-16)7-14(6-12)10-16/h12-14H,3-10H2,1-2H3,(H,19,20). The molecule has 0 spiro atoms. The molecule has 110 valence electrons. The van der Waals surface area contributed by atoms with E-state index in [0.29, 0.717) is 12.8 Å². The van der Waals surface area contributed by atoms with E-state index in [0.717, 1.165) is 37.0 Å². The van der Waals surface area contributed by atoms with Crippen LogP contribution in [0, 0.1) is 34.5 Å². The van der Waals surface area contributed by atoms with Gasteiger partial charge in [0.1, 0.15) is 5.54 Å². The highest BCUT2D eigenvalue weighted by Gasteiger charge is 2.55. The molecular weight excluding hydrogens is 248 g/mol. The Morgan fingerprint density at radius 3 is 1.95 bits per heavy atom. The van der Waals surface area contributed by atoms with Crippen molar-refractivity contribution in [1.29, 1.82) is 5.26 Å². The summed E-state index contributed by atoms with van der Waals surface area (Å²) in [7, 11) is 0. The van der Waals surface area contributed by atoms with Crippen LogP contribution in [0.4, 0.5) is 0 Å². The van der Waals surface area contributed by atoms with E-state index in [1.54, 1.807) is 0 Å². The van der Waals surface area contributed by atoms with E-state index in [2.05, 4.69) is 11.4 Å². The molecule has 20 heavy (non-hydrogen) atoms. The molecule has 0 radical (unpaired) electrons. The number of hydrogen-bond acceptors (Lipinski definition) is 2. The molecule has 0 aromatic rings. The van der Waals surface area contributed by atoms with Crippen LogP contribution in [0.15, 0.2) is 0 Å². The molecule has 3 nitrogen and oxygen atoms in total. The molecule has 1 N–H and O–H groups in total. The minimum absolute atomic E-state index is 0.138. The fourth-order valence-corrected chi connectivity index (χ4v) is 5.35. The van der Waals surface area contributed by atoms with Crippen molar-refractivity contribution >= 4 is 5.91 Å². The molecule has 4 aliphatic carbocycles. The van der Waals surface area contributed by atoms with Gasteiger partial charge in [0, 0.05) is 0 Å². The quantitative estimate of drug-likeness (QED) is 0.854. The Labute approximate surface area is 122 Å². The molecule has 4 fully saturated rings. The van der Waals surface area contributed by atoms with Crippen molar-refractivity contribution in [3.05, 3.63) is 0 Å². The van der Waals surface area contributed by atoms with Gasteiger partial charge in [-0.3, -0.25) is 4.79 Å². The minimum Gasteiger partial charge on any atom is -0.337 e. The SMILES string of the molecule is CCC(C#N)(CC)NC(=O)C12CC3CC(CC(C3)C1)C2. The summed E-state index contributed by atoms with van der Waals surface area (Å²) in [5.41, 5.74) is -0.790. The molecule has 0 aliphatic heterocycles. The molecule has 0 saturated heterocycles. The van der Waals surface area contributed by atoms with Crippen molar-refractivity contribution in [3.8, 4) is 6.07 Å². The van der Waals surface area contributed by atoms with E-state index >= 15 is 0 Å². The smallest absolute Gasteiger partial charge is 0.227 e. The first kappa shape index (κ1) is 13.9. The number of hydrogen-bond donors (Lipinski definition) is 1. The summed E-state index contributed by atoms with van der Waals surface area (Å²) in [4.78, 5) is 12.9. The van der Waals surface area contributed by atoms with Crippen LogP contribution in [0.1, 0.15) is 65.2 Å². The van der Waals surface area contributed by atoms with E-state index in [9.17, 15) is 10.1 Å². The maximum absolute atomic E-state index is 12.9. The average molecular weight is 274 g/mol. The van der Waals surface area contributed by atoms with Crippen molar-refractivity contribution in [2.24, 2.45) is 23.2 Å². The van der Waals surface area contributed by atoms with Crippen LogP contribution in [-0.4, -0.2) is 11.4 Å². The van der Waals surface area contributed by atoms with Gasteiger partial charge >= 0.3 is 0 Å². The lowest BCUT2D eigenvalue weighted by Gasteiger charge is -2.56. The number of carbonyl (C=O) groups is 1. The molecular formula is C17H26N2O. The van der Waals surface area contributed by atoms with Crippen molar-refractivity contribution in [1.82, 2.24) is 5.32 Å². The van der Waals surface area contributed by atoms with Gasteiger partial charge in [0.2, 0.25) is 5.91 Å². The number of carbonyl (C=O) groups excluding carboxylic acids is 1. The van der Waals surface area contributed by atoms with Gasteiger partial charge in [0.05, 0.1) is 11.5 Å². The minimum atomic E-state index is -0.652. The summed E-state index contributed by atoms with van der Waals surface area (Å²) in [6.07, 6.45) is 8.63. The predicted molar refractivity (Wildman–Crippen MR) is 77.7 cm³/mol. The Morgan fingerprint density at radius 1 is 1.15 bits per heavy atom. The molecule has 0 heterocycles. The summed E-state index contributed by atoms with van der Waals surface area (Å²) in [6.45, 7) is 3.99. The maximum atomic E-state index is 12.9. The molecule has 4 rings (SSSR count). The van der Waals surface area contributed by atoms with Crippen LogP contribution in [0.25, 0.3) is 0 Å². The monoisotopic (exact) mass is 274 g/mol. The fraction of sp³-hybridized carbons (Fsp3) is 0.882. The van der Waals surface area contributed by atoms with E-state index in [-0.39, 0.29) is 11.3 Å². The maximum Gasteiger partial charge on any atom is 0.227 e. The topological polar surface area (TPSA) is 52.9 Å². The molecule has 1 amide bonds. The van der Waals surface area contributed by atoms with Crippen molar-refractivity contribution in [2.75, 3.05) is 0 Å². The number of amides is 1. The van der Waals surface area contributed by atoms with Crippen LogP contribution in [-0.2, 0) is 4.79 Å². The highest BCUT2D eigenvalue weighted by atomic mass is 16.2. The second-order valence-electron chi connectivity index (χ2n) is 7.55. The molecule has 4 aliphatic rings. The summed E-state index contributed by atoms with van der Waals surface area (Å²) in [5, 5.41) is 12.6. The molecule has 4 bridgehead atoms.